The number of ether oxygens (including phenoxy) is 2. The maximum absolute atomic E-state index is 15.8. The summed E-state index contributed by atoms with van der Waals surface area (Å²) in [5, 5.41) is 17.0. The molecule has 11 heteroatoms. The van der Waals surface area contributed by atoms with Gasteiger partial charge in [0, 0.05) is 35.7 Å². The molecule has 3 aliphatic rings. The molecule has 2 saturated heterocycles. The average Bonchev–Trinajstić information content (AvgIpc) is 3.46. The Morgan fingerprint density at radius 1 is 1.16 bits per heavy atom. The van der Waals surface area contributed by atoms with E-state index in [2.05, 4.69) is 10.6 Å². The Kier molecular flexibility index (Phi) is 9.74. The van der Waals surface area contributed by atoms with Gasteiger partial charge in [-0.05, 0) is 68.7 Å². The third-order valence-corrected chi connectivity index (χ3v) is 10.0. The van der Waals surface area contributed by atoms with E-state index in [-0.39, 0.29) is 40.4 Å². The Balaban J connectivity index is 1.55. The van der Waals surface area contributed by atoms with Crippen molar-refractivity contribution in [2.24, 2.45) is 11.1 Å². The highest BCUT2D eigenvalue weighted by Crippen LogP contribution is 2.52. The summed E-state index contributed by atoms with van der Waals surface area (Å²) in [7, 11) is 0. The maximum atomic E-state index is 15.8. The molecule has 5 atom stereocenters. The van der Waals surface area contributed by atoms with Crippen LogP contribution >= 0.6 is 23.2 Å². The number of aliphatic hydroxyl groups is 1. The van der Waals surface area contributed by atoms with E-state index in [0.29, 0.717) is 19.4 Å². The van der Waals surface area contributed by atoms with Crippen molar-refractivity contribution in [3.05, 3.63) is 69.2 Å². The van der Waals surface area contributed by atoms with Gasteiger partial charge >= 0.3 is 0 Å². The number of carbonyl (C=O) groups is 1. The molecule has 5 rings (SSSR count). The van der Waals surface area contributed by atoms with Crippen molar-refractivity contribution < 1.29 is 28.2 Å². The molecule has 1 aliphatic carbocycles. The minimum Gasteiger partial charge on any atom is -0.396 e. The van der Waals surface area contributed by atoms with E-state index in [1.54, 1.807) is 12.1 Å². The van der Waals surface area contributed by atoms with Crippen molar-refractivity contribution in [2.75, 3.05) is 19.8 Å². The molecular formula is C32H41Cl2F2N3O4. The Morgan fingerprint density at radius 2 is 1.91 bits per heavy atom. The lowest BCUT2D eigenvalue weighted by Crippen LogP contribution is -2.53. The van der Waals surface area contributed by atoms with Gasteiger partial charge in [-0.2, -0.15) is 0 Å². The molecule has 5 unspecified atom stereocenters. The summed E-state index contributed by atoms with van der Waals surface area (Å²) in [6.07, 6.45) is 5.19. The number of hydrogen-bond acceptors (Lipinski definition) is 6. The fraction of sp³-hybridized carbons (Fsp3) is 0.594. The van der Waals surface area contributed by atoms with Crippen molar-refractivity contribution in [2.45, 2.75) is 94.2 Å². The molecule has 0 aromatic heterocycles. The zero-order chi connectivity index (χ0) is 31.0. The Hall–Kier alpha value is -1.85. The number of hydrogen-bond donors (Lipinski definition) is 4. The number of nitrogens with one attached hydrogen (secondary N) is 2. The molecule has 7 nitrogen and oxygen atoms in total. The number of carbonyl (C=O) groups excluding carboxylic acids is 1. The van der Waals surface area contributed by atoms with Gasteiger partial charge < -0.3 is 30.9 Å². The minimum absolute atomic E-state index is 0.0722. The summed E-state index contributed by atoms with van der Waals surface area (Å²) in [6.45, 7) is 4.29. The zero-order valence-electron chi connectivity index (χ0n) is 24.6. The van der Waals surface area contributed by atoms with Gasteiger partial charge in [-0.25, -0.2) is 8.78 Å². The Bertz CT molecular complexity index is 1330. The van der Waals surface area contributed by atoms with Crippen LogP contribution in [-0.2, 0) is 19.8 Å². The van der Waals surface area contributed by atoms with Crippen LogP contribution in [0, 0.1) is 17.0 Å². The Morgan fingerprint density at radius 3 is 2.56 bits per heavy atom. The summed E-state index contributed by atoms with van der Waals surface area (Å²) >= 11 is 12.4. The lowest BCUT2D eigenvalue weighted by Gasteiger charge is -2.43. The minimum atomic E-state index is -1.60. The molecule has 0 spiro atoms. The van der Waals surface area contributed by atoms with Crippen LogP contribution in [0.5, 0.6) is 0 Å². The average molecular weight is 641 g/mol. The summed E-state index contributed by atoms with van der Waals surface area (Å²) in [5.41, 5.74) is 5.47. The number of rotatable bonds is 9. The highest BCUT2D eigenvalue weighted by molar-refractivity contribution is 6.31. The van der Waals surface area contributed by atoms with Crippen molar-refractivity contribution in [3.8, 4) is 0 Å². The fourth-order valence-electron chi connectivity index (χ4n) is 7.32. The van der Waals surface area contributed by atoms with Crippen LogP contribution in [-0.4, -0.2) is 54.7 Å². The van der Waals surface area contributed by atoms with Gasteiger partial charge in [-0.15, -0.1) is 0 Å². The topological polar surface area (TPSA) is 106 Å². The van der Waals surface area contributed by atoms with Crippen molar-refractivity contribution >= 4 is 29.1 Å². The van der Waals surface area contributed by atoms with E-state index in [4.69, 9.17) is 38.4 Å². The first-order chi connectivity index (χ1) is 20.4. The quantitative estimate of drug-likeness (QED) is 0.287. The second-order valence-corrected chi connectivity index (χ2v) is 13.7. The number of halogens is 4. The maximum Gasteiger partial charge on any atom is 0.237 e. The van der Waals surface area contributed by atoms with Gasteiger partial charge in [-0.3, -0.25) is 4.79 Å². The summed E-state index contributed by atoms with van der Waals surface area (Å²) < 4.78 is 43.2. The van der Waals surface area contributed by atoms with Crippen molar-refractivity contribution in [3.63, 3.8) is 0 Å². The predicted octanol–water partition coefficient (Wildman–Crippen LogP) is 5.54. The predicted molar refractivity (Wildman–Crippen MR) is 162 cm³/mol. The molecule has 3 fully saturated rings. The number of amides is 1. The van der Waals surface area contributed by atoms with E-state index >= 15 is 8.78 Å². The largest absolute Gasteiger partial charge is 0.396 e. The van der Waals surface area contributed by atoms with E-state index in [1.165, 1.54) is 24.3 Å². The van der Waals surface area contributed by atoms with Crippen LogP contribution in [0.15, 0.2) is 36.4 Å². The van der Waals surface area contributed by atoms with E-state index < -0.39 is 52.3 Å². The first-order valence-electron chi connectivity index (χ1n) is 15.0. The van der Waals surface area contributed by atoms with E-state index in [0.717, 1.165) is 32.1 Å². The second-order valence-electron chi connectivity index (χ2n) is 12.8. The van der Waals surface area contributed by atoms with Crippen LogP contribution in [0.25, 0.3) is 0 Å². The van der Waals surface area contributed by atoms with Crippen LogP contribution in [0.4, 0.5) is 8.78 Å². The van der Waals surface area contributed by atoms with Crippen LogP contribution in [0.2, 0.25) is 10.0 Å². The van der Waals surface area contributed by atoms with Crippen LogP contribution < -0.4 is 16.4 Å². The normalized spacial score (nSPS) is 30.0. The molecule has 2 aromatic rings. The molecule has 1 saturated carbocycles. The van der Waals surface area contributed by atoms with E-state index in [9.17, 15) is 9.90 Å². The molecule has 5 N–H and O–H groups in total. The SMILES string of the molecule is CC1(C)OCC(CCNC(=O)C2NC(CC3(CO)CCCCC3)C(N)(c3ccc(Cl)cc3F)C2c2cccc(Cl)c2F)O1. The molecule has 0 radical (unpaired) electrons. The molecule has 1 amide bonds. The fourth-order valence-corrected chi connectivity index (χ4v) is 7.67. The van der Waals surface area contributed by atoms with Crippen molar-refractivity contribution in [1.29, 1.82) is 0 Å². The smallest absolute Gasteiger partial charge is 0.237 e. The number of nitrogens with two attached hydrogens (primary N) is 1. The molecule has 2 aliphatic heterocycles. The number of benzene rings is 2. The van der Waals surface area contributed by atoms with Gasteiger partial charge in [0.2, 0.25) is 5.91 Å². The molecule has 2 heterocycles. The molecular weight excluding hydrogens is 599 g/mol. The highest BCUT2D eigenvalue weighted by Gasteiger charge is 2.59. The third-order valence-electron chi connectivity index (χ3n) is 9.52. The van der Waals surface area contributed by atoms with Crippen molar-refractivity contribution in [1.82, 2.24) is 10.6 Å². The first-order valence-corrected chi connectivity index (χ1v) is 15.8. The molecule has 236 valence electrons. The van der Waals surface area contributed by atoms with Gasteiger partial charge in [-0.1, -0.05) is 60.7 Å². The van der Waals surface area contributed by atoms with Crippen LogP contribution in [0.1, 0.15) is 75.8 Å². The summed E-state index contributed by atoms with van der Waals surface area (Å²) in [6, 6.07) is 7.05. The van der Waals surface area contributed by atoms with Gasteiger partial charge in [0.15, 0.2) is 5.79 Å². The lowest BCUT2D eigenvalue weighted by atomic mass is 9.64. The molecule has 2 aromatic carbocycles. The summed E-state index contributed by atoms with van der Waals surface area (Å²) in [5.74, 6) is -3.51. The van der Waals surface area contributed by atoms with Crippen LogP contribution in [0.3, 0.4) is 0 Å². The zero-order valence-corrected chi connectivity index (χ0v) is 26.1. The number of aliphatic hydroxyl groups excluding tert-OH is 1. The Labute approximate surface area is 261 Å². The standard InChI is InChI=1S/C32H41Cl2F2N3O4/c1-30(2)42-17-20(43-30)11-14-38-29(41)28-26(21-7-6-8-23(34)27(21)36)32(37,22-10-9-19(33)15-24(22)35)25(39-28)16-31(18-40)12-4-3-5-13-31/h6-10,15,20,25-26,28,39-40H,3-5,11-14,16-18,37H2,1-2H3,(H,38,41). The monoisotopic (exact) mass is 639 g/mol. The molecule has 43 heavy (non-hydrogen) atoms. The van der Waals surface area contributed by atoms with E-state index in [1.807, 2.05) is 13.8 Å². The highest BCUT2D eigenvalue weighted by atomic mass is 35.5. The second kappa shape index (κ2) is 12.9. The van der Waals surface area contributed by atoms with Gasteiger partial charge in [0.05, 0.1) is 29.3 Å². The van der Waals surface area contributed by atoms with Gasteiger partial charge in [0.25, 0.3) is 0 Å². The van der Waals surface area contributed by atoms with Gasteiger partial charge in [0.1, 0.15) is 11.6 Å². The molecule has 0 bridgehead atoms. The lowest BCUT2D eigenvalue weighted by molar-refractivity contribution is -0.138. The third kappa shape index (κ3) is 6.59. The first kappa shape index (κ1) is 32.5. The summed E-state index contributed by atoms with van der Waals surface area (Å²) in [4.78, 5) is 14.0.